The van der Waals surface area contributed by atoms with Crippen LogP contribution in [-0.2, 0) is 33.9 Å². The summed E-state index contributed by atoms with van der Waals surface area (Å²) in [4.78, 5) is 42.3. The van der Waals surface area contributed by atoms with Gasteiger partial charge in [-0.15, -0.1) is 22.7 Å². The van der Waals surface area contributed by atoms with E-state index in [9.17, 15) is 14.4 Å². The lowest BCUT2D eigenvalue weighted by molar-refractivity contribution is -0.135. The molecule has 0 saturated carbocycles. The van der Waals surface area contributed by atoms with Gasteiger partial charge in [-0.05, 0) is 62.1 Å². The maximum atomic E-state index is 13.7. The van der Waals surface area contributed by atoms with E-state index in [0.717, 1.165) is 15.3 Å². The summed E-state index contributed by atoms with van der Waals surface area (Å²) in [6.07, 6.45) is -0.523. The number of hydrogen-bond acceptors (Lipinski definition) is 7. The van der Waals surface area contributed by atoms with E-state index < -0.39 is 23.8 Å². The highest BCUT2D eigenvalue weighted by Gasteiger charge is 2.28. The Kier molecular flexibility index (Phi) is 11.2. The lowest BCUT2D eigenvalue weighted by atomic mass is 10.1. The second-order valence-corrected chi connectivity index (χ2v) is 11.7. The minimum atomic E-state index is -0.833. The van der Waals surface area contributed by atoms with E-state index in [1.54, 1.807) is 48.3 Å². The Bertz CT molecular complexity index is 1090. The SMILES string of the molecule is CC(C)(C)OC(=O)N[C@@H](CCCOC(=O)NCc1ccccc1)C(=O)N(Cc1cccs1)Cc1cccs1. The van der Waals surface area contributed by atoms with Gasteiger partial charge in [0.2, 0.25) is 5.91 Å². The topological polar surface area (TPSA) is 97.0 Å². The summed E-state index contributed by atoms with van der Waals surface area (Å²) < 4.78 is 10.7. The predicted molar refractivity (Wildman–Crippen MR) is 150 cm³/mol. The molecule has 0 aliphatic heterocycles. The molecule has 10 heteroatoms. The summed E-state index contributed by atoms with van der Waals surface area (Å²) in [5.41, 5.74) is 0.263. The third-order valence-electron chi connectivity index (χ3n) is 5.30. The third-order valence-corrected chi connectivity index (χ3v) is 7.03. The van der Waals surface area contributed by atoms with Crippen LogP contribution in [-0.4, -0.2) is 41.2 Å². The third kappa shape index (κ3) is 10.5. The fourth-order valence-electron chi connectivity index (χ4n) is 3.59. The van der Waals surface area contributed by atoms with Crippen LogP contribution in [0.5, 0.6) is 0 Å². The molecular weight excluding hydrogens is 522 g/mol. The molecule has 38 heavy (non-hydrogen) atoms. The molecule has 0 bridgehead atoms. The highest BCUT2D eigenvalue weighted by Crippen LogP contribution is 2.19. The van der Waals surface area contributed by atoms with E-state index in [-0.39, 0.29) is 18.9 Å². The minimum absolute atomic E-state index is 0.107. The van der Waals surface area contributed by atoms with E-state index in [0.29, 0.717) is 26.1 Å². The first-order chi connectivity index (χ1) is 18.2. The van der Waals surface area contributed by atoms with Crippen molar-refractivity contribution in [2.24, 2.45) is 0 Å². The average molecular weight is 558 g/mol. The number of alkyl carbamates (subject to hydrolysis) is 2. The van der Waals surface area contributed by atoms with E-state index >= 15 is 0 Å². The Hall–Kier alpha value is -3.37. The fourth-order valence-corrected chi connectivity index (χ4v) is 5.03. The van der Waals surface area contributed by atoms with Crippen LogP contribution in [0.4, 0.5) is 9.59 Å². The summed E-state index contributed by atoms with van der Waals surface area (Å²) in [5, 5.41) is 9.40. The van der Waals surface area contributed by atoms with Crippen LogP contribution in [0.1, 0.15) is 48.9 Å². The summed E-state index contributed by atoms with van der Waals surface area (Å²) in [6, 6.07) is 16.6. The number of amides is 3. The lowest BCUT2D eigenvalue weighted by Crippen LogP contribution is -2.49. The molecule has 3 amide bonds. The molecule has 1 aromatic carbocycles. The van der Waals surface area contributed by atoms with Gasteiger partial charge in [0, 0.05) is 16.3 Å². The lowest BCUT2D eigenvalue weighted by Gasteiger charge is -2.28. The van der Waals surface area contributed by atoms with E-state index in [2.05, 4.69) is 10.6 Å². The van der Waals surface area contributed by atoms with Gasteiger partial charge in [0.05, 0.1) is 19.7 Å². The zero-order valence-corrected chi connectivity index (χ0v) is 23.6. The zero-order valence-electron chi connectivity index (χ0n) is 22.0. The standard InChI is InChI=1S/C28H35N3O5S2/c1-28(2,3)36-27(34)30-24(14-7-15-35-26(33)29-18-21-10-5-4-6-11-21)25(32)31(19-22-12-8-16-37-22)20-23-13-9-17-38-23/h4-6,8-13,16-17,24H,7,14-15,18-20H2,1-3H3,(H,29,33)(H,30,34)/t24-/m0/s1. The molecule has 3 rings (SSSR count). The molecule has 0 unspecified atom stereocenters. The van der Waals surface area contributed by atoms with Gasteiger partial charge in [-0.25, -0.2) is 9.59 Å². The molecule has 0 saturated heterocycles. The first kappa shape index (κ1) is 29.2. The second kappa shape index (κ2) is 14.5. The Balaban J connectivity index is 1.61. The molecule has 0 spiro atoms. The second-order valence-electron chi connectivity index (χ2n) is 9.67. The molecule has 0 fully saturated rings. The van der Waals surface area contributed by atoms with Gasteiger partial charge >= 0.3 is 12.2 Å². The molecule has 3 aromatic rings. The molecule has 1 atom stereocenters. The maximum Gasteiger partial charge on any atom is 0.408 e. The van der Waals surface area contributed by atoms with Crippen LogP contribution in [0.25, 0.3) is 0 Å². The van der Waals surface area contributed by atoms with Crippen LogP contribution in [0.2, 0.25) is 0 Å². The largest absolute Gasteiger partial charge is 0.450 e. The summed E-state index contributed by atoms with van der Waals surface area (Å²) >= 11 is 3.15. The molecule has 2 N–H and O–H groups in total. The van der Waals surface area contributed by atoms with Crippen LogP contribution in [0, 0.1) is 0 Å². The van der Waals surface area contributed by atoms with Crippen molar-refractivity contribution in [3.8, 4) is 0 Å². The van der Waals surface area contributed by atoms with Gasteiger partial charge in [-0.2, -0.15) is 0 Å². The smallest absolute Gasteiger partial charge is 0.408 e. The Morgan fingerprint density at radius 2 is 1.53 bits per heavy atom. The van der Waals surface area contributed by atoms with E-state index in [4.69, 9.17) is 9.47 Å². The van der Waals surface area contributed by atoms with Crippen molar-refractivity contribution < 1.29 is 23.9 Å². The highest BCUT2D eigenvalue weighted by atomic mass is 32.1. The molecular formula is C28H35N3O5S2. The van der Waals surface area contributed by atoms with Crippen molar-refractivity contribution in [2.45, 2.75) is 64.9 Å². The van der Waals surface area contributed by atoms with Crippen molar-refractivity contribution in [2.75, 3.05) is 6.61 Å². The average Bonchev–Trinajstić information content (AvgIpc) is 3.58. The summed E-state index contributed by atoms with van der Waals surface area (Å²) in [7, 11) is 0. The quantitative estimate of drug-likeness (QED) is 0.269. The molecule has 0 radical (unpaired) electrons. The number of thiophene rings is 2. The fraction of sp³-hybridized carbons (Fsp3) is 0.393. The number of hydrogen-bond donors (Lipinski definition) is 2. The first-order valence-corrected chi connectivity index (χ1v) is 14.2. The molecule has 0 aliphatic carbocycles. The van der Waals surface area contributed by atoms with Gasteiger partial charge in [-0.1, -0.05) is 42.5 Å². The molecule has 2 heterocycles. The number of ether oxygens (including phenoxy) is 2. The maximum absolute atomic E-state index is 13.7. The van der Waals surface area contributed by atoms with Crippen LogP contribution >= 0.6 is 22.7 Å². The molecule has 8 nitrogen and oxygen atoms in total. The summed E-state index contributed by atoms with van der Waals surface area (Å²) in [6.45, 7) is 6.64. The monoisotopic (exact) mass is 557 g/mol. The van der Waals surface area contributed by atoms with Crippen molar-refractivity contribution in [3.63, 3.8) is 0 Å². The molecule has 0 aliphatic rings. The normalized spacial score (nSPS) is 11.9. The van der Waals surface area contributed by atoms with Crippen molar-refractivity contribution in [1.29, 1.82) is 0 Å². The van der Waals surface area contributed by atoms with Crippen molar-refractivity contribution >= 4 is 40.8 Å². The highest BCUT2D eigenvalue weighted by molar-refractivity contribution is 7.10. The Morgan fingerprint density at radius 1 is 0.895 bits per heavy atom. The Morgan fingerprint density at radius 3 is 2.08 bits per heavy atom. The van der Waals surface area contributed by atoms with Gasteiger partial charge < -0.3 is 25.0 Å². The zero-order chi connectivity index (χ0) is 27.4. The van der Waals surface area contributed by atoms with E-state index in [1.807, 2.05) is 65.4 Å². The van der Waals surface area contributed by atoms with Gasteiger partial charge in [0.1, 0.15) is 11.6 Å². The van der Waals surface area contributed by atoms with E-state index in [1.165, 1.54) is 0 Å². The van der Waals surface area contributed by atoms with Crippen molar-refractivity contribution in [1.82, 2.24) is 15.5 Å². The summed E-state index contributed by atoms with van der Waals surface area (Å²) in [5.74, 6) is -0.216. The van der Waals surface area contributed by atoms with Crippen LogP contribution in [0.15, 0.2) is 65.4 Å². The Labute approximate surface area is 232 Å². The molecule has 204 valence electrons. The van der Waals surface area contributed by atoms with Crippen molar-refractivity contribution in [3.05, 3.63) is 80.7 Å². The predicted octanol–water partition coefficient (Wildman–Crippen LogP) is 5.94. The van der Waals surface area contributed by atoms with Gasteiger partial charge in [-0.3, -0.25) is 4.79 Å². The number of nitrogens with one attached hydrogen (secondary N) is 2. The van der Waals surface area contributed by atoms with Gasteiger partial charge in [0.15, 0.2) is 0 Å². The van der Waals surface area contributed by atoms with Crippen LogP contribution < -0.4 is 10.6 Å². The number of carbonyl (C=O) groups is 3. The number of rotatable bonds is 12. The van der Waals surface area contributed by atoms with Crippen LogP contribution in [0.3, 0.4) is 0 Å². The number of carbonyl (C=O) groups excluding carboxylic acids is 3. The minimum Gasteiger partial charge on any atom is -0.450 e. The van der Waals surface area contributed by atoms with Gasteiger partial charge in [0.25, 0.3) is 0 Å². The number of benzene rings is 1. The first-order valence-electron chi connectivity index (χ1n) is 12.5. The number of nitrogens with zero attached hydrogens (tertiary/aromatic N) is 1. The molecule has 2 aromatic heterocycles.